The molecular weight excluding hydrogens is 200 g/mol. The zero-order valence-corrected chi connectivity index (χ0v) is 8.51. The van der Waals surface area contributed by atoms with E-state index in [0.717, 1.165) is 18.0 Å². The van der Waals surface area contributed by atoms with Gasteiger partial charge in [-0.25, -0.2) is 9.78 Å². The monoisotopic (exact) mass is 212 g/mol. The second-order valence-corrected chi connectivity index (χ2v) is 4.43. The summed E-state index contributed by atoms with van der Waals surface area (Å²) in [5.74, 6) is -0.885. The minimum Gasteiger partial charge on any atom is -0.477 e. The summed E-state index contributed by atoms with van der Waals surface area (Å²) in [6.45, 7) is 1.01. The van der Waals surface area contributed by atoms with Gasteiger partial charge in [0.15, 0.2) is 0 Å². The molecule has 0 saturated carbocycles. The first-order chi connectivity index (χ1) is 6.77. The van der Waals surface area contributed by atoms with Gasteiger partial charge in [-0.15, -0.1) is 11.3 Å². The van der Waals surface area contributed by atoms with Crippen molar-refractivity contribution in [3.63, 3.8) is 0 Å². The minimum atomic E-state index is -0.885. The molecule has 2 heterocycles. The molecule has 2 N–H and O–H groups in total. The number of rotatable bonds is 2. The van der Waals surface area contributed by atoms with Crippen molar-refractivity contribution in [3.05, 3.63) is 16.1 Å². The normalized spacial score (nSPS) is 22.1. The number of aromatic nitrogens is 1. The van der Waals surface area contributed by atoms with Crippen LogP contribution in [0.25, 0.3) is 0 Å². The summed E-state index contributed by atoms with van der Waals surface area (Å²) in [5.41, 5.74) is 0. The lowest BCUT2D eigenvalue weighted by Gasteiger charge is -2.20. The zero-order chi connectivity index (χ0) is 9.97. The predicted molar refractivity (Wildman–Crippen MR) is 53.7 cm³/mol. The van der Waals surface area contributed by atoms with Crippen molar-refractivity contribution in [2.24, 2.45) is 0 Å². The highest BCUT2D eigenvalue weighted by molar-refractivity contribution is 7.13. The van der Waals surface area contributed by atoms with Gasteiger partial charge < -0.3 is 10.4 Å². The first-order valence-corrected chi connectivity index (χ1v) is 5.51. The van der Waals surface area contributed by atoms with E-state index < -0.39 is 5.97 Å². The van der Waals surface area contributed by atoms with Gasteiger partial charge in [-0.05, 0) is 19.4 Å². The Bertz CT molecular complexity index is 331. The first kappa shape index (κ1) is 9.61. The lowest BCUT2D eigenvalue weighted by atomic mass is 10.1. The average molecular weight is 212 g/mol. The molecule has 1 aromatic rings. The number of piperidine rings is 1. The molecule has 0 aliphatic carbocycles. The van der Waals surface area contributed by atoms with E-state index >= 15 is 0 Å². The number of carboxylic acid groups (broad SMARTS) is 1. The second kappa shape index (κ2) is 4.06. The Morgan fingerprint density at radius 3 is 3.07 bits per heavy atom. The largest absolute Gasteiger partial charge is 0.477 e. The SMILES string of the molecule is O=C(O)c1cnc(C2CCCCN2)s1. The lowest BCUT2D eigenvalue weighted by molar-refractivity contribution is 0.0702. The maximum Gasteiger partial charge on any atom is 0.347 e. The number of hydrogen-bond acceptors (Lipinski definition) is 4. The molecule has 1 saturated heterocycles. The maximum atomic E-state index is 10.6. The molecule has 0 aromatic carbocycles. The minimum absolute atomic E-state index is 0.266. The van der Waals surface area contributed by atoms with Crippen molar-refractivity contribution in [1.82, 2.24) is 10.3 Å². The molecule has 0 amide bonds. The predicted octanol–water partition coefficient (Wildman–Crippen LogP) is 1.66. The molecule has 1 atom stereocenters. The molecule has 14 heavy (non-hydrogen) atoms. The summed E-state index contributed by atoms with van der Waals surface area (Å²) in [6.07, 6.45) is 4.90. The fraction of sp³-hybridized carbons (Fsp3) is 0.556. The number of aromatic carboxylic acids is 1. The zero-order valence-electron chi connectivity index (χ0n) is 7.69. The molecule has 4 nitrogen and oxygen atoms in total. The van der Waals surface area contributed by atoms with Crippen LogP contribution in [0.5, 0.6) is 0 Å². The van der Waals surface area contributed by atoms with Gasteiger partial charge in [-0.2, -0.15) is 0 Å². The fourth-order valence-corrected chi connectivity index (χ4v) is 2.48. The van der Waals surface area contributed by atoms with Crippen molar-refractivity contribution in [1.29, 1.82) is 0 Å². The van der Waals surface area contributed by atoms with Crippen LogP contribution in [-0.2, 0) is 0 Å². The van der Waals surface area contributed by atoms with Gasteiger partial charge in [0, 0.05) is 0 Å². The van der Waals surface area contributed by atoms with Crippen molar-refractivity contribution in [2.75, 3.05) is 6.54 Å². The molecule has 1 aromatic heterocycles. The van der Waals surface area contributed by atoms with E-state index in [9.17, 15) is 4.79 Å². The van der Waals surface area contributed by atoms with Crippen LogP contribution in [0.4, 0.5) is 0 Å². The third-order valence-electron chi connectivity index (χ3n) is 2.34. The molecule has 0 bridgehead atoms. The van der Waals surface area contributed by atoms with E-state index in [1.54, 1.807) is 0 Å². The number of nitrogens with zero attached hydrogens (tertiary/aromatic N) is 1. The Balaban J connectivity index is 2.11. The van der Waals surface area contributed by atoms with Gasteiger partial charge in [-0.3, -0.25) is 0 Å². The van der Waals surface area contributed by atoms with Crippen LogP contribution in [0.2, 0.25) is 0 Å². The Morgan fingerprint density at radius 2 is 2.50 bits per heavy atom. The Labute approximate surface area is 86.0 Å². The molecule has 76 valence electrons. The van der Waals surface area contributed by atoms with E-state index in [4.69, 9.17) is 5.11 Å². The third kappa shape index (κ3) is 1.93. The van der Waals surface area contributed by atoms with Gasteiger partial charge in [0.25, 0.3) is 0 Å². The Morgan fingerprint density at radius 1 is 1.64 bits per heavy atom. The first-order valence-electron chi connectivity index (χ1n) is 4.70. The van der Waals surface area contributed by atoms with Gasteiger partial charge in [-0.1, -0.05) is 6.42 Å². The van der Waals surface area contributed by atoms with Crippen LogP contribution in [0.1, 0.15) is 40.0 Å². The fourth-order valence-electron chi connectivity index (χ4n) is 1.61. The number of thiazole rings is 1. The van der Waals surface area contributed by atoms with Gasteiger partial charge in [0.05, 0.1) is 12.2 Å². The number of carbonyl (C=O) groups is 1. The molecule has 1 aliphatic heterocycles. The molecule has 2 rings (SSSR count). The molecule has 1 unspecified atom stereocenters. The number of hydrogen-bond donors (Lipinski definition) is 2. The van der Waals surface area contributed by atoms with Crippen LogP contribution in [0.3, 0.4) is 0 Å². The molecule has 0 spiro atoms. The summed E-state index contributed by atoms with van der Waals surface area (Å²) >= 11 is 1.27. The maximum absolute atomic E-state index is 10.6. The molecular formula is C9H12N2O2S. The van der Waals surface area contributed by atoms with E-state index in [1.807, 2.05) is 0 Å². The van der Waals surface area contributed by atoms with Crippen LogP contribution in [0, 0.1) is 0 Å². The molecule has 1 aliphatic rings. The van der Waals surface area contributed by atoms with Crippen LogP contribution in [0.15, 0.2) is 6.20 Å². The highest BCUT2D eigenvalue weighted by Crippen LogP contribution is 2.26. The highest BCUT2D eigenvalue weighted by Gasteiger charge is 2.19. The Hall–Kier alpha value is -0.940. The second-order valence-electron chi connectivity index (χ2n) is 3.37. The van der Waals surface area contributed by atoms with Crippen molar-refractivity contribution >= 4 is 17.3 Å². The summed E-state index contributed by atoms with van der Waals surface area (Å²) in [5, 5.41) is 13.0. The molecule has 0 radical (unpaired) electrons. The van der Waals surface area contributed by atoms with Crippen LogP contribution < -0.4 is 5.32 Å². The van der Waals surface area contributed by atoms with E-state index in [1.165, 1.54) is 30.4 Å². The van der Waals surface area contributed by atoms with Crippen molar-refractivity contribution < 1.29 is 9.90 Å². The summed E-state index contributed by atoms with van der Waals surface area (Å²) in [7, 11) is 0. The topological polar surface area (TPSA) is 62.2 Å². The van der Waals surface area contributed by atoms with Crippen molar-refractivity contribution in [2.45, 2.75) is 25.3 Å². The van der Waals surface area contributed by atoms with Crippen LogP contribution >= 0.6 is 11.3 Å². The summed E-state index contributed by atoms with van der Waals surface area (Å²) in [4.78, 5) is 15.1. The smallest absolute Gasteiger partial charge is 0.347 e. The standard InChI is InChI=1S/C9H12N2O2S/c12-9(13)7-5-11-8(14-7)6-3-1-2-4-10-6/h5-6,10H,1-4H2,(H,12,13). The quantitative estimate of drug-likeness (QED) is 0.782. The van der Waals surface area contributed by atoms with Crippen LogP contribution in [-0.4, -0.2) is 22.6 Å². The number of carboxylic acids is 1. The van der Waals surface area contributed by atoms with Gasteiger partial charge in [0.2, 0.25) is 0 Å². The van der Waals surface area contributed by atoms with Gasteiger partial charge >= 0.3 is 5.97 Å². The molecule has 5 heteroatoms. The molecule has 1 fully saturated rings. The summed E-state index contributed by atoms with van der Waals surface area (Å²) < 4.78 is 0. The van der Waals surface area contributed by atoms with E-state index in [2.05, 4.69) is 10.3 Å². The highest BCUT2D eigenvalue weighted by atomic mass is 32.1. The Kier molecular flexibility index (Phi) is 2.79. The number of nitrogens with one attached hydrogen (secondary N) is 1. The van der Waals surface area contributed by atoms with Gasteiger partial charge in [0.1, 0.15) is 9.88 Å². The van der Waals surface area contributed by atoms with Crippen molar-refractivity contribution in [3.8, 4) is 0 Å². The summed E-state index contributed by atoms with van der Waals surface area (Å²) in [6, 6.07) is 0.266. The third-order valence-corrected chi connectivity index (χ3v) is 3.44. The van der Waals surface area contributed by atoms with E-state index in [0.29, 0.717) is 4.88 Å². The lowest BCUT2D eigenvalue weighted by Crippen LogP contribution is -2.26. The van der Waals surface area contributed by atoms with E-state index in [-0.39, 0.29) is 6.04 Å². The average Bonchev–Trinajstić information content (AvgIpc) is 2.68.